The van der Waals surface area contributed by atoms with Gasteiger partial charge in [-0.2, -0.15) is 13.2 Å². The molecule has 0 atom stereocenters. The summed E-state index contributed by atoms with van der Waals surface area (Å²) in [6.45, 7) is 2.52. The molecule has 1 fully saturated rings. The highest BCUT2D eigenvalue weighted by Crippen LogP contribution is 2.26. The monoisotopic (exact) mass is 387 g/mol. The molecule has 27 heavy (non-hydrogen) atoms. The van der Waals surface area contributed by atoms with Crippen molar-refractivity contribution in [1.29, 1.82) is 0 Å². The van der Waals surface area contributed by atoms with E-state index in [0.717, 1.165) is 0 Å². The Balaban J connectivity index is 1.73. The molecule has 3 N–H and O–H groups in total. The van der Waals surface area contributed by atoms with Gasteiger partial charge in [-0.15, -0.1) is 0 Å². The van der Waals surface area contributed by atoms with Crippen LogP contribution in [0.25, 0.3) is 0 Å². The Kier molecular flexibility index (Phi) is 7.06. The number of rotatable bonds is 8. The number of likely N-dealkylation sites (N-methyl/N-ethyl adjacent to an activating group) is 1. The number of amides is 2. The van der Waals surface area contributed by atoms with Crippen molar-refractivity contribution in [2.45, 2.75) is 50.9 Å². The van der Waals surface area contributed by atoms with Crippen molar-refractivity contribution in [2.24, 2.45) is 0 Å². The number of aliphatic carboxylic acids is 1. The zero-order chi connectivity index (χ0) is 20.0. The van der Waals surface area contributed by atoms with Crippen LogP contribution < -0.4 is 10.6 Å². The van der Waals surface area contributed by atoms with Gasteiger partial charge >= 0.3 is 18.2 Å². The number of urea groups is 1. The number of carboxylic acids is 1. The fourth-order valence-electron chi connectivity index (χ4n) is 3.07. The van der Waals surface area contributed by atoms with Crippen molar-refractivity contribution in [3.05, 3.63) is 29.8 Å². The maximum atomic E-state index is 12.2. The summed E-state index contributed by atoms with van der Waals surface area (Å²) in [5.41, 5.74) is 1.05. The summed E-state index contributed by atoms with van der Waals surface area (Å²) in [5, 5.41) is 14.3. The van der Waals surface area contributed by atoms with Gasteiger partial charge in [-0.3, -0.25) is 9.69 Å². The maximum absolute atomic E-state index is 12.2. The first-order valence-electron chi connectivity index (χ1n) is 8.85. The van der Waals surface area contributed by atoms with Gasteiger partial charge in [0.2, 0.25) is 0 Å². The van der Waals surface area contributed by atoms with E-state index in [1.165, 1.54) is 0 Å². The Morgan fingerprint density at radius 2 is 1.85 bits per heavy atom. The molecule has 0 saturated heterocycles. The summed E-state index contributed by atoms with van der Waals surface area (Å²) in [7, 11) is 0. The molecule has 0 heterocycles. The molecule has 1 aromatic carbocycles. The van der Waals surface area contributed by atoms with Gasteiger partial charge in [-0.05, 0) is 43.5 Å². The Morgan fingerprint density at radius 1 is 1.22 bits per heavy atom. The number of hydrogen-bond acceptors (Lipinski definition) is 3. The number of benzene rings is 1. The normalized spacial score (nSPS) is 19.4. The minimum atomic E-state index is -4.19. The third-order valence-corrected chi connectivity index (χ3v) is 4.62. The first kappa shape index (κ1) is 21.0. The van der Waals surface area contributed by atoms with Crippen LogP contribution in [-0.4, -0.2) is 53.4 Å². The van der Waals surface area contributed by atoms with Gasteiger partial charge < -0.3 is 15.7 Å². The molecule has 0 bridgehead atoms. The number of carboxylic acid groups (broad SMARTS) is 1. The minimum Gasteiger partial charge on any atom is -0.480 e. The molecule has 0 aromatic heterocycles. The summed E-state index contributed by atoms with van der Waals surface area (Å²) >= 11 is 0. The first-order chi connectivity index (χ1) is 12.7. The van der Waals surface area contributed by atoms with Crippen molar-refractivity contribution in [2.75, 3.05) is 18.4 Å². The van der Waals surface area contributed by atoms with Crippen molar-refractivity contribution in [3.8, 4) is 0 Å². The summed E-state index contributed by atoms with van der Waals surface area (Å²) in [6, 6.07) is 5.99. The second kappa shape index (κ2) is 9.07. The average Bonchev–Trinajstić information content (AvgIpc) is 2.54. The Labute approximate surface area is 155 Å². The standard InChI is InChI=1S/C18H24F3N3O3/c1-2-24(11-16(25)26)15-9-14(10-15)23-17(27)22-13-5-3-12(4-6-13)7-8-18(19,20)21/h3-6,14-15H,2,7-11H2,1H3,(H,25,26)(H2,22,23,27). The predicted molar refractivity (Wildman–Crippen MR) is 94.7 cm³/mol. The predicted octanol–water partition coefficient (Wildman–Crippen LogP) is 3.24. The number of anilines is 1. The Bertz CT molecular complexity index is 643. The lowest BCUT2D eigenvalue weighted by Gasteiger charge is -2.42. The quantitative estimate of drug-likeness (QED) is 0.640. The molecule has 0 aliphatic heterocycles. The Hall–Kier alpha value is -2.29. The second-order valence-corrected chi connectivity index (χ2v) is 6.69. The van der Waals surface area contributed by atoms with Crippen molar-refractivity contribution >= 4 is 17.7 Å². The molecule has 150 valence electrons. The number of nitrogens with zero attached hydrogens (tertiary/aromatic N) is 1. The molecule has 0 spiro atoms. The van der Waals surface area contributed by atoms with Crippen LogP contribution in [0.4, 0.5) is 23.7 Å². The molecule has 0 radical (unpaired) electrons. The highest BCUT2D eigenvalue weighted by atomic mass is 19.4. The second-order valence-electron chi connectivity index (χ2n) is 6.69. The van der Waals surface area contributed by atoms with Crippen molar-refractivity contribution < 1.29 is 27.9 Å². The van der Waals surface area contributed by atoms with E-state index in [0.29, 0.717) is 30.6 Å². The fraction of sp³-hybridized carbons (Fsp3) is 0.556. The van der Waals surface area contributed by atoms with Gasteiger partial charge in [0.15, 0.2) is 0 Å². The third-order valence-electron chi connectivity index (χ3n) is 4.62. The maximum Gasteiger partial charge on any atom is 0.389 e. The lowest BCUT2D eigenvalue weighted by Crippen LogP contribution is -2.55. The van der Waals surface area contributed by atoms with Crippen LogP contribution >= 0.6 is 0 Å². The Morgan fingerprint density at radius 3 is 2.37 bits per heavy atom. The molecule has 1 aromatic rings. The van der Waals surface area contributed by atoms with E-state index >= 15 is 0 Å². The van der Waals surface area contributed by atoms with E-state index in [-0.39, 0.29) is 31.1 Å². The number of carbonyl (C=O) groups excluding carboxylic acids is 1. The van der Waals surface area contributed by atoms with Crippen molar-refractivity contribution in [1.82, 2.24) is 10.2 Å². The van der Waals surface area contributed by atoms with Crippen LogP contribution in [0.2, 0.25) is 0 Å². The average molecular weight is 387 g/mol. The van der Waals surface area contributed by atoms with E-state index in [9.17, 15) is 22.8 Å². The van der Waals surface area contributed by atoms with E-state index in [1.54, 1.807) is 24.3 Å². The summed E-state index contributed by atoms with van der Waals surface area (Å²) in [5.74, 6) is -0.871. The molecular weight excluding hydrogens is 363 g/mol. The van der Waals surface area contributed by atoms with Crippen LogP contribution in [-0.2, 0) is 11.2 Å². The molecule has 9 heteroatoms. The van der Waals surface area contributed by atoms with Gasteiger partial charge in [0.1, 0.15) is 0 Å². The van der Waals surface area contributed by atoms with Gasteiger partial charge in [-0.1, -0.05) is 19.1 Å². The highest BCUT2D eigenvalue weighted by Gasteiger charge is 2.34. The summed E-state index contributed by atoms with van der Waals surface area (Å²) < 4.78 is 36.7. The number of hydrogen-bond donors (Lipinski definition) is 3. The molecular formula is C18H24F3N3O3. The van der Waals surface area contributed by atoms with Crippen LogP contribution in [0, 0.1) is 0 Å². The largest absolute Gasteiger partial charge is 0.480 e. The number of nitrogens with one attached hydrogen (secondary N) is 2. The molecule has 1 aliphatic rings. The van der Waals surface area contributed by atoms with Crippen LogP contribution in [0.15, 0.2) is 24.3 Å². The summed E-state index contributed by atoms with van der Waals surface area (Å²) in [4.78, 5) is 24.7. The number of carbonyl (C=O) groups is 2. The number of halogens is 3. The molecule has 2 amide bonds. The SMILES string of the molecule is CCN(CC(=O)O)C1CC(NC(=O)Nc2ccc(CCC(F)(F)F)cc2)C1. The van der Waals surface area contributed by atoms with Gasteiger partial charge in [-0.25, -0.2) is 4.79 Å². The molecule has 1 saturated carbocycles. The lowest BCUT2D eigenvalue weighted by molar-refractivity contribution is -0.139. The first-order valence-corrected chi connectivity index (χ1v) is 8.85. The van der Waals surface area contributed by atoms with Gasteiger partial charge in [0.25, 0.3) is 0 Å². The topological polar surface area (TPSA) is 81.7 Å². The van der Waals surface area contributed by atoms with Crippen LogP contribution in [0.1, 0.15) is 31.7 Å². The zero-order valence-electron chi connectivity index (χ0n) is 15.1. The zero-order valence-corrected chi connectivity index (χ0v) is 15.1. The van der Waals surface area contributed by atoms with E-state index < -0.39 is 18.6 Å². The third kappa shape index (κ3) is 7.09. The molecule has 0 unspecified atom stereocenters. The molecule has 6 nitrogen and oxygen atoms in total. The summed E-state index contributed by atoms with van der Waals surface area (Å²) in [6.07, 6.45) is -3.78. The van der Waals surface area contributed by atoms with Crippen molar-refractivity contribution in [3.63, 3.8) is 0 Å². The van der Waals surface area contributed by atoms with E-state index in [4.69, 9.17) is 5.11 Å². The highest BCUT2D eigenvalue weighted by molar-refractivity contribution is 5.89. The number of alkyl halides is 3. The van der Waals surface area contributed by atoms with Crippen LogP contribution in [0.5, 0.6) is 0 Å². The number of aryl methyl sites for hydroxylation is 1. The molecule has 2 rings (SSSR count). The smallest absolute Gasteiger partial charge is 0.389 e. The minimum absolute atomic E-state index is 0.0131. The van der Waals surface area contributed by atoms with Gasteiger partial charge in [0.05, 0.1) is 6.54 Å². The van der Waals surface area contributed by atoms with E-state index in [2.05, 4.69) is 10.6 Å². The molecule has 1 aliphatic carbocycles. The van der Waals surface area contributed by atoms with Gasteiger partial charge in [0, 0.05) is 24.2 Å². The lowest BCUT2D eigenvalue weighted by atomic mass is 9.85. The van der Waals surface area contributed by atoms with E-state index in [1.807, 2.05) is 11.8 Å². The fourth-order valence-corrected chi connectivity index (χ4v) is 3.07. The van der Waals surface area contributed by atoms with Crippen LogP contribution in [0.3, 0.4) is 0 Å².